The number of benzene rings is 1. The second-order valence-electron chi connectivity index (χ2n) is 8.21. The first-order chi connectivity index (χ1) is 14.2. The van der Waals surface area contributed by atoms with Crippen molar-refractivity contribution in [2.24, 2.45) is 0 Å². The first kappa shape index (κ1) is 18.5. The lowest BCUT2D eigenvalue weighted by molar-refractivity contribution is 0.195. The molecule has 2 saturated heterocycles. The van der Waals surface area contributed by atoms with Crippen molar-refractivity contribution in [3.8, 4) is 5.82 Å². The summed E-state index contributed by atoms with van der Waals surface area (Å²) in [6.07, 6.45) is 5.31. The van der Waals surface area contributed by atoms with Crippen molar-refractivity contribution in [2.75, 3.05) is 31.6 Å². The molecule has 152 valence electrons. The van der Waals surface area contributed by atoms with Gasteiger partial charge in [-0.25, -0.2) is 14.6 Å². The van der Waals surface area contributed by atoms with E-state index in [0.717, 1.165) is 61.1 Å². The highest BCUT2D eigenvalue weighted by molar-refractivity contribution is 5.82. The summed E-state index contributed by atoms with van der Waals surface area (Å²) in [4.78, 5) is 9.24. The maximum Gasteiger partial charge on any atom is 0.159 e. The van der Waals surface area contributed by atoms with E-state index in [1.165, 1.54) is 24.0 Å². The summed E-state index contributed by atoms with van der Waals surface area (Å²) in [6.45, 7) is 7.85. The van der Waals surface area contributed by atoms with Crippen LogP contribution < -0.4 is 10.6 Å². The smallest absolute Gasteiger partial charge is 0.159 e. The molecule has 7 heteroatoms. The summed E-state index contributed by atoms with van der Waals surface area (Å²) in [5.74, 6) is 2.97. The molecule has 2 aromatic heterocycles. The van der Waals surface area contributed by atoms with Gasteiger partial charge in [-0.05, 0) is 75.4 Å². The normalized spacial score (nSPS) is 20.4. The Kier molecular flexibility index (Phi) is 4.93. The molecule has 2 aliphatic heterocycles. The Hall–Kier alpha value is -2.51. The first-order valence-corrected chi connectivity index (χ1v) is 10.6. The molecule has 0 unspecified atom stereocenters. The van der Waals surface area contributed by atoms with Crippen LogP contribution in [0.5, 0.6) is 0 Å². The number of piperidine rings is 1. The average molecular weight is 393 g/mol. The third-order valence-corrected chi connectivity index (χ3v) is 6.06. The summed E-state index contributed by atoms with van der Waals surface area (Å²) in [6, 6.07) is 6.88. The van der Waals surface area contributed by atoms with Gasteiger partial charge in [0.2, 0.25) is 0 Å². The molecule has 2 aliphatic rings. The lowest BCUT2D eigenvalue weighted by Crippen LogP contribution is -2.27. The summed E-state index contributed by atoms with van der Waals surface area (Å²) in [7, 11) is 0. The Morgan fingerprint density at radius 3 is 2.76 bits per heavy atom. The standard InChI is InChI=1S/C22H28N6O/c1-14-9-17-12-24-28(20(17)10-19(14)16-3-6-23-7-4-16)22-11-21(25-15(2)26-22)27-18-5-8-29-13-18/h9-12,16,18,23H,3-8,13H2,1-2H3,(H,25,26,27)/t18-/m0/s1. The highest BCUT2D eigenvalue weighted by atomic mass is 16.5. The van der Waals surface area contributed by atoms with Gasteiger partial charge >= 0.3 is 0 Å². The van der Waals surface area contributed by atoms with Gasteiger partial charge < -0.3 is 15.4 Å². The third kappa shape index (κ3) is 3.72. The van der Waals surface area contributed by atoms with Crippen molar-refractivity contribution in [1.82, 2.24) is 25.1 Å². The number of fused-ring (bicyclic) bond motifs is 1. The van der Waals surface area contributed by atoms with Crippen LogP contribution in [0.3, 0.4) is 0 Å². The van der Waals surface area contributed by atoms with Crippen LogP contribution in [0.4, 0.5) is 5.82 Å². The second-order valence-corrected chi connectivity index (χ2v) is 8.21. The molecule has 0 spiro atoms. The van der Waals surface area contributed by atoms with Crippen LogP contribution in [0.2, 0.25) is 0 Å². The number of hydrogen-bond donors (Lipinski definition) is 2. The number of aromatic nitrogens is 4. The quantitative estimate of drug-likeness (QED) is 0.711. The summed E-state index contributed by atoms with van der Waals surface area (Å²) in [5.41, 5.74) is 3.90. The van der Waals surface area contributed by atoms with Crippen LogP contribution in [-0.4, -0.2) is 52.1 Å². The molecule has 29 heavy (non-hydrogen) atoms. The largest absolute Gasteiger partial charge is 0.379 e. The van der Waals surface area contributed by atoms with Crippen molar-refractivity contribution in [3.05, 3.63) is 41.3 Å². The van der Waals surface area contributed by atoms with Gasteiger partial charge in [-0.3, -0.25) is 0 Å². The zero-order valence-electron chi connectivity index (χ0n) is 17.1. The molecule has 0 radical (unpaired) electrons. The Balaban J connectivity index is 1.53. The zero-order chi connectivity index (χ0) is 19.8. The zero-order valence-corrected chi connectivity index (χ0v) is 17.1. The molecule has 0 bridgehead atoms. The number of ether oxygens (including phenoxy) is 1. The van der Waals surface area contributed by atoms with Gasteiger partial charge in [-0.2, -0.15) is 5.10 Å². The maximum atomic E-state index is 5.47. The van der Waals surface area contributed by atoms with E-state index in [-0.39, 0.29) is 0 Å². The minimum Gasteiger partial charge on any atom is -0.379 e. The molecule has 3 aromatic rings. The van der Waals surface area contributed by atoms with Gasteiger partial charge in [-0.15, -0.1) is 0 Å². The molecule has 1 aromatic carbocycles. The van der Waals surface area contributed by atoms with E-state index in [9.17, 15) is 0 Å². The fraction of sp³-hybridized carbons (Fsp3) is 0.500. The monoisotopic (exact) mass is 392 g/mol. The maximum absolute atomic E-state index is 5.47. The first-order valence-electron chi connectivity index (χ1n) is 10.6. The Labute approximate surface area is 170 Å². The van der Waals surface area contributed by atoms with Crippen molar-refractivity contribution in [2.45, 2.75) is 45.1 Å². The van der Waals surface area contributed by atoms with E-state index >= 15 is 0 Å². The van der Waals surface area contributed by atoms with Gasteiger partial charge in [0.15, 0.2) is 5.82 Å². The molecule has 0 aliphatic carbocycles. The van der Waals surface area contributed by atoms with Crippen molar-refractivity contribution in [1.29, 1.82) is 0 Å². The predicted octanol–water partition coefficient (Wildman–Crippen LogP) is 3.10. The second kappa shape index (κ2) is 7.72. The van der Waals surface area contributed by atoms with Crippen molar-refractivity contribution < 1.29 is 4.74 Å². The van der Waals surface area contributed by atoms with Crippen LogP contribution in [0.1, 0.15) is 42.1 Å². The molecular weight excluding hydrogens is 364 g/mol. The molecule has 1 atom stereocenters. The Morgan fingerprint density at radius 1 is 1.10 bits per heavy atom. The Morgan fingerprint density at radius 2 is 1.97 bits per heavy atom. The van der Waals surface area contributed by atoms with Gasteiger partial charge in [0, 0.05) is 18.1 Å². The van der Waals surface area contributed by atoms with E-state index in [2.05, 4.69) is 44.8 Å². The highest BCUT2D eigenvalue weighted by Crippen LogP contribution is 2.32. The van der Waals surface area contributed by atoms with Gasteiger partial charge in [0.25, 0.3) is 0 Å². The van der Waals surface area contributed by atoms with Gasteiger partial charge in [0.05, 0.1) is 24.4 Å². The van der Waals surface area contributed by atoms with Crippen LogP contribution in [0.15, 0.2) is 24.4 Å². The van der Waals surface area contributed by atoms with E-state index in [4.69, 9.17) is 4.74 Å². The minimum absolute atomic E-state index is 0.306. The predicted molar refractivity (Wildman–Crippen MR) is 114 cm³/mol. The summed E-state index contributed by atoms with van der Waals surface area (Å²) in [5, 5.41) is 12.8. The van der Waals surface area contributed by atoms with E-state index < -0.39 is 0 Å². The van der Waals surface area contributed by atoms with Crippen LogP contribution in [-0.2, 0) is 4.74 Å². The third-order valence-electron chi connectivity index (χ3n) is 6.06. The van der Waals surface area contributed by atoms with Crippen LogP contribution >= 0.6 is 0 Å². The number of nitrogens with zero attached hydrogens (tertiary/aromatic N) is 4. The number of hydrogen-bond acceptors (Lipinski definition) is 6. The molecule has 7 nitrogen and oxygen atoms in total. The molecule has 0 amide bonds. The average Bonchev–Trinajstić information content (AvgIpc) is 3.37. The van der Waals surface area contributed by atoms with Gasteiger partial charge in [-0.1, -0.05) is 0 Å². The fourth-order valence-corrected chi connectivity index (χ4v) is 4.55. The number of rotatable bonds is 4. The van der Waals surface area contributed by atoms with Crippen LogP contribution in [0, 0.1) is 13.8 Å². The molecule has 2 N–H and O–H groups in total. The molecule has 0 saturated carbocycles. The summed E-state index contributed by atoms with van der Waals surface area (Å²) >= 11 is 0. The fourth-order valence-electron chi connectivity index (χ4n) is 4.55. The summed E-state index contributed by atoms with van der Waals surface area (Å²) < 4.78 is 7.42. The van der Waals surface area contributed by atoms with E-state index in [1.54, 1.807) is 0 Å². The van der Waals surface area contributed by atoms with E-state index in [0.29, 0.717) is 12.0 Å². The molecule has 5 rings (SSSR count). The van der Waals surface area contributed by atoms with Crippen molar-refractivity contribution in [3.63, 3.8) is 0 Å². The van der Waals surface area contributed by atoms with Crippen molar-refractivity contribution >= 4 is 16.7 Å². The topological polar surface area (TPSA) is 76.9 Å². The molecule has 4 heterocycles. The molecule has 2 fully saturated rings. The number of nitrogens with one attached hydrogen (secondary N) is 2. The number of anilines is 1. The van der Waals surface area contributed by atoms with E-state index in [1.807, 2.05) is 23.9 Å². The van der Waals surface area contributed by atoms with Crippen LogP contribution in [0.25, 0.3) is 16.7 Å². The lowest BCUT2D eigenvalue weighted by Gasteiger charge is -2.24. The minimum atomic E-state index is 0.306. The molecular formula is C22H28N6O. The van der Waals surface area contributed by atoms with Gasteiger partial charge in [0.1, 0.15) is 11.6 Å². The number of aryl methyl sites for hydroxylation is 2. The Bertz CT molecular complexity index is 1020. The highest BCUT2D eigenvalue weighted by Gasteiger charge is 2.20. The SMILES string of the molecule is Cc1nc(N[C@H]2CCOC2)cc(-n2ncc3cc(C)c(C4CCNCC4)cc32)n1. The lowest BCUT2D eigenvalue weighted by atomic mass is 9.87.